The number of hydrogen-bond donors (Lipinski definition) is 1. The van der Waals surface area contributed by atoms with Crippen molar-refractivity contribution in [1.29, 1.82) is 0 Å². The Balaban J connectivity index is 1.97. The van der Waals surface area contributed by atoms with Crippen LogP contribution in [0.1, 0.15) is 17.5 Å². The molecule has 0 aliphatic heterocycles. The number of aryl methyl sites for hydroxylation is 2. The van der Waals surface area contributed by atoms with Crippen molar-refractivity contribution in [3.63, 3.8) is 0 Å². The number of methoxy groups -OCH3 is 1. The molecule has 1 N–H and O–H groups in total. The number of aromatic nitrogens is 2. The molecule has 1 aromatic heterocycles. The van der Waals surface area contributed by atoms with Crippen molar-refractivity contribution in [1.82, 2.24) is 14.5 Å². The summed E-state index contributed by atoms with van der Waals surface area (Å²) in [6.45, 7) is 7.09. The Morgan fingerprint density at radius 3 is 2.77 bits per heavy atom. The van der Waals surface area contributed by atoms with Gasteiger partial charge in [0, 0.05) is 26.8 Å². The van der Waals surface area contributed by atoms with Crippen LogP contribution in [0.2, 0.25) is 0 Å². The molecule has 1 atom stereocenters. The van der Waals surface area contributed by atoms with Crippen molar-refractivity contribution in [2.24, 2.45) is 0 Å². The van der Waals surface area contributed by atoms with Crippen LogP contribution in [0.15, 0.2) is 18.5 Å². The topological polar surface area (TPSA) is 50.5 Å². The maximum atomic E-state index is 10.3. The Hall–Kier alpha value is -1.43. The fraction of sp³-hybridized carbons (Fsp3) is 0.588. The number of likely N-dealkylation sites (N-methyl/N-ethyl adjacent to an activating group) is 1. The van der Waals surface area contributed by atoms with E-state index in [1.807, 2.05) is 17.9 Å². The molecule has 1 aromatic carbocycles. The zero-order valence-corrected chi connectivity index (χ0v) is 14.0. The fourth-order valence-electron chi connectivity index (χ4n) is 2.67. The summed E-state index contributed by atoms with van der Waals surface area (Å²) >= 11 is 0. The summed E-state index contributed by atoms with van der Waals surface area (Å²) in [6.07, 6.45) is 2.38. The minimum absolute atomic E-state index is 0.411. The number of fused-ring (bicyclic) bond motifs is 1. The maximum Gasteiger partial charge on any atom is 0.0959 e. The first kappa shape index (κ1) is 16.9. The Labute approximate surface area is 132 Å². The lowest BCUT2D eigenvalue weighted by Crippen LogP contribution is -2.32. The van der Waals surface area contributed by atoms with E-state index in [4.69, 9.17) is 4.74 Å². The van der Waals surface area contributed by atoms with Gasteiger partial charge in [-0.1, -0.05) is 0 Å². The number of hydrogen-bond acceptors (Lipinski definition) is 4. The molecular formula is C17H27N3O2. The Bertz CT molecular complexity index is 609. The highest BCUT2D eigenvalue weighted by molar-refractivity contribution is 5.77. The Kier molecular flexibility index (Phi) is 5.94. The summed E-state index contributed by atoms with van der Waals surface area (Å²) in [6, 6.07) is 4.25. The predicted octanol–water partition coefficient (Wildman–Crippen LogP) is 1.98. The Morgan fingerprint density at radius 2 is 2.05 bits per heavy atom. The average molecular weight is 305 g/mol. The molecule has 5 heteroatoms. The van der Waals surface area contributed by atoms with Gasteiger partial charge in [0.1, 0.15) is 0 Å². The minimum Gasteiger partial charge on any atom is -0.390 e. The van der Waals surface area contributed by atoms with E-state index < -0.39 is 6.10 Å². The van der Waals surface area contributed by atoms with Crippen molar-refractivity contribution in [2.45, 2.75) is 32.9 Å². The standard InChI is InChI=1S/C17H27N3O2/c1-13-8-16-17(9-14(13)2)20(12-18-16)11-15(21)10-19(3)6-5-7-22-4/h8-9,12,15,21H,5-7,10-11H2,1-4H3. The second-order valence-electron chi connectivity index (χ2n) is 6.08. The van der Waals surface area contributed by atoms with E-state index in [2.05, 4.69) is 35.9 Å². The van der Waals surface area contributed by atoms with Gasteiger partial charge in [-0.15, -0.1) is 0 Å². The molecule has 0 radical (unpaired) electrons. The van der Waals surface area contributed by atoms with E-state index >= 15 is 0 Å². The fourth-order valence-corrected chi connectivity index (χ4v) is 2.67. The maximum absolute atomic E-state index is 10.3. The predicted molar refractivity (Wildman–Crippen MR) is 89.2 cm³/mol. The summed E-state index contributed by atoms with van der Waals surface area (Å²) in [7, 11) is 3.74. The van der Waals surface area contributed by atoms with Crippen LogP contribution < -0.4 is 0 Å². The summed E-state index contributed by atoms with van der Waals surface area (Å²) in [5.74, 6) is 0. The number of imidazole rings is 1. The van der Waals surface area contributed by atoms with Crippen LogP contribution in [0.5, 0.6) is 0 Å². The lowest BCUT2D eigenvalue weighted by molar-refractivity contribution is 0.104. The van der Waals surface area contributed by atoms with Crippen LogP contribution in [0.3, 0.4) is 0 Å². The summed E-state index contributed by atoms with van der Waals surface area (Å²) in [5.41, 5.74) is 4.57. The molecule has 0 fully saturated rings. The number of aliphatic hydroxyl groups excluding tert-OH is 1. The van der Waals surface area contributed by atoms with Gasteiger partial charge in [-0.3, -0.25) is 0 Å². The highest BCUT2D eigenvalue weighted by Crippen LogP contribution is 2.18. The van der Waals surface area contributed by atoms with Crippen molar-refractivity contribution >= 4 is 11.0 Å². The van der Waals surface area contributed by atoms with Gasteiger partial charge in [0.2, 0.25) is 0 Å². The largest absolute Gasteiger partial charge is 0.390 e. The molecule has 5 nitrogen and oxygen atoms in total. The van der Waals surface area contributed by atoms with Gasteiger partial charge in [0.25, 0.3) is 0 Å². The van der Waals surface area contributed by atoms with E-state index in [0.717, 1.165) is 30.6 Å². The number of aliphatic hydroxyl groups is 1. The van der Waals surface area contributed by atoms with E-state index in [0.29, 0.717) is 13.1 Å². The highest BCUT2D eigenvalue weighted by Gasteiger charge is 2.12. The van der Waals surface area contributed by atoms with Crippen LogP contribution >= 0.6 is 0 Å². The Morgan fingerprint density at radius 1 is 1.32 bits per heavy atom. The molecule has 2 rings (SSSR count). The molecule has 0 saturated heterocycles. The van der Waals surface area contributed by atoms with E-state index in [1.54, 1.807) is 7.11 Å². The molecule has 1 unspecified atom stereocenters. The zero-order chi connectivity index (χ0) is 16.1. The second kappa shape index (κ2) is 7.72. The van der Waals surface area contributed by atoms with Gasteiger partial charge in [-0.2, -0.15) is 0 Å². The molecule has 1 heterocycles. The van der Waals surface area contributed by atoms with E-state index in [-0.39, 0.29) is 0 Å². The molecule has 0 aliphatic carbocycles. The molecule has 0 aliphatic rings. The van der Waals surface area contributed by atoms with Gasteiger partial charge in [0.15, 0.2) is 0 Å². The highest BCUT2D eigenvalue weighted by atomic mass is 16.5. The van der Waals surface area contributed by atoms with Gasteiger partial charge < -0.3 is 19.3 Å². The van der Waals surface area contributed by atoms with Gasteiger partial charge in [-0.25, -0.2) is 4.98 Å². The number of nitrogens with zero attached hydrogens (tertiary/aromatic N) is 3. The van der Waals surface area contributed by atoms with Crippen LogP contribution in [-0.4, -0.2) is 59.5 Å². The lowest BCUT2D eigenvalue weighted by atomic mass is 10.1. The molecular weight excluding hydrogens is 278 g/mol. The van der Waals surface area contributed by atoms with Crippen LogP contribution in [-0.2, 0) is 11.3 Å². The monoisotopic (exact) mass is 305 g/mol. The number of benzene rings is 1. The molecule has 0 spiro atoms. The third-order valence-corrected chi connectivity index (χ3v) is 4.05. The average Bonchev–Trinajstić information content (AvgIpc) is 2.82. The first-order valence-electron chi connectivity index (χ1n) is 7.79. The van der Waals surface area contributed by atoms with Crippen LogP contribution in [0.25, 0.3) is 11.0 Å². The molecule has 0 saturated carbocycles. The molecule has 122 valence electrons. The third kappa shape index (κ3) is 4.29. The normalized spacial score (nSPS) is 13.2. The van der Waals surface area contributed by atoms with Gasteiger partial charge in [-0.05, 0) is 50.6 Å². The molecule has 0 bridgehead atoms. The van der Waals surface area contributed by atoms with Gasteiger partial charge >= 0.3 is 0 Å². The van der Waals surface area contributed by atoms with Crippen LogP contribution in [0, 0.1) is 13.8 Å². The van der Waals surface area contributed by atoms with Crippen molar-refractivity contribution < 1.29 is 9.84 Å². The minimum atomic E-state index is -0.411. The van der Waals surface area contributed by atoms with Crippen LogP contribution in [0.4, 0.5) is 0 Å². The molecule has 0 amide bonds. The third-order valence-electron chi connectivity index (χ3n) is 4.05. The summed E-state index contributed by atoms with van der Waals surface area (Å²) in [4.78, 5) is 6.57. The number of ether oxygens (including phenoxy) is 1. The van der Waals surface area contributed by atoms with Crippen molar-refractivity contribution in [3.8, 4) is 0 Å². The lowest BCUT2D eigenvalue weighted by Gasteiger charge is -2.21. The zero-order valence-electron chi connectivity index (χ0n) is 14.0. The molecule has 2 aromatic rings. The molecule has 22 heavy (non-hydrogen) atoms. The summed E-state index contributed by atoms with van der Waals surface area (Å²) in [5, 5.41) is 10.3. The quantitative estimate of drug-likeness (QED) is 0.758. The summed E-state index contributed by atoms with van der Waals surface area (Å²) < 4.78 is 7.09. The first-order chi connectivity index (χ1) is 10.5. The smallest absolute Gasteiger partial charge is 0.0959 e. The van der Waals surface area contributed by atoms with Gasteiger partial charge in [0.05, 0.1) is 30.0 Å². The van der Waals surface area contributed by atoms with E-state index in [1.165, 1.54) is 11.1 Å². The SMILES string of the molecule is COCCCN(C)CC(O)Cn1cnc2cc(C)c(C)cc21. The number of rotatable bonds is 8. The first-order valence-corrected chi connectivity index (χ1v) is 7.79. The van der Waals surface area contributed by atoms with Crippen molar-refractivity contribution in [3.05, 3.63) is 29.6 Å². The second-order valence-corrected chi connectivity index (χ2v) is 6.08. The van der Waals surface area contributed by atoms with Crippen molar-refractivity contribution in [2.75, 3.05) is 33.9 Å². The van der Waals surface area contributed by atoms with E-state index in [9.17, 15) is 5.11 Å².